The second kappa shape index (κ2) is 7.00. The Kier molecular flexibility index (Phi) is 4.76. The minimum Gasteiger partial charge on any atom is -0.382 e. The number of carbonyl (C=O) groups is 1. The van der Waals surface area contributed by atoms with Crippen LogP contribution in [0, 0.1) is 18.6 Å². The Labute approximate surface area is 151 Å². The molecular formula is C15H12ClF2N7O. The maximum absolute atomic E-state index is 13.6. The molecule has 3 aromatic rings. The van der Waals surface area contributed by atoms with Crippen LogP contribution < -0.4 is 11.1 Å². The highest BCUT2D eigenvalue weighted by Crippen LogP contribution is 2.19. The number of aryl methyl sites for hydroxylation is 1. The fourth-order valence-electron chi connectivity index (χ4n) is 2.08. The fourth-order valence-corrected chi connectivity index (χ4v) is 2.28. The summed E-state index contributed by atoms with van der Waals surface area (Å²) in [7, 11) is 0. The van der Waals surface area contributed by atoms with Crippen molar-refractivity contribution in [3.05, 3.63) is 58.1 Å². The smallest absolute Gasteiger partial charge is 0.274 e. The van der Waals surface area contributed by atoms with Crippen molar-refractivity contribution in [2.75, 3.05) is 5.73 Å². The second-order valence-corrected chi connectivity index (χ2v) is 5.62. The first-order chi connectivity index (χ1) is 12.3. The standard InChI is InChI=1S/C15H12ClF2N7O/c1-7-5-21-25(24-7)14-12(16)22-11(13(19)23-14)15(26)20-6-8-2-3-9(17)4-10(8)18/h2-5H,6H2,1H3,(H2,19,23)(H,20,26). The third-order valence-corrected chi connectivity index (χ3v) is 3.58. The van der Waals surface area contributed by atoms with Crippen LogP contribution in [0.4, 0.5) is 14.6 Å². The lowest BCUT2D eigenvalue weighted by Crippen LogP contribution is -2.26. The molecule has 26 heavy (non-hydrogen) atoms. The number of hydrogen-bond acceptors (Lipinski definition) is 6. The lowest BCUT2D eigenvalue weighted by atomic mass is 10.2. The summed E-state index contributed by atoms with van der Waals surface area (Å²) in [6.45, 7) is 1.54. The van der Waals surface area contributed by atoms with Crippen molar-refractivity contribution >= 4 is 23.3 Å². The maximum atomic E-state index is 13.6. The first-order valence-corrected chi connectivity index (χ1v) is 7.67. The van der Waals surface area contributed by atoms with Crippen molar-refractivity contribution in [2.45, 2.75) is 13.5 Å². The number of nitrogens with two attached hydrogens (primary N) is 1. The number of nitrogen functional groups attached to an aromatic ring is 1. The largest absolute Gasteiger partial charge is 0.382 e. The Morgan fingerprint density at radius 2 is 2.12 bits per heavy atom. The molecule has 2 aromatic heterocycles. The number of carbonyl (C=O) groups excluding carboxylic acids is 1. The van der Waals surface area contributed by atoms with E-state index in [1.165, 1.54) is 12.3 Å². The van der Waals surface area contributed by atoms with Gasteiger partial charge in [0.05, 0.1) is 11.9 Å². The Hall–Kier alpha value is -3.14. The summed E-state index contributed by atoms with van der Waals surface area (Å²) in [5.74, 6) is -2.33. The molecule has 1 aromatic carbocycles. The number of rotatable bonds is 4. The van der Waals surface area contributed by atoms with E-state index in [4.69, 9.17) is 17.3 Å². The second-order valence-electron chi connectivity index (χ2n) is 5.27. The molecule has 0 atom stereocenters. The quantitative estimate of drug-likeness (QED) is 0.715. The van der Waals surface area contributed by atoms with Crippen LogP contribution in [0.1, 0.15) is 21.7 Å². The van der Waals surface area contributed by atoms with E-state index in [1.54, 1.807) is 6.92 Å². The summed E-state index contributed by atoms with van der Waals surface area (Å²) in [5.41, 5.74) is 6.27. The number of hydrogen-bond donors (Lipinski definition) is 2. The topological polar surface area (TPSA) is 112 Å². The summed E-state index contributed by atoms with van der Waals surface area (Å²) < 4.78 is 26.5. The molecule has 0 saturated heterocycles. The number of nitrogens with one attached hydrogen (secondary N) is 1. The Balaban J connectivity index is 1.80. The van der Waals surface area contributed by atoms with Gasteiger partial charge in [-0.3, -0.25) is 4.79 Å². The van der Waals surface area contributed by atoms with Crippen molar-refractivity contribution in [3.63, 3.8) is 0 Å². The zero-order valence-corrected chi connectivity index (χ0v) is 14.1. The van der Waals surface area contributed by atoms with Gasteiger partial charge in [0.1, 0.15) is 11.6 Å². The van der Waals surface area contributed by atoms with Gasteiger partial charge in [-0.1, -0.05) is 17.7 Å². The van der Waals surface area contributed by atoms with Crippen molar-refractivity contribution in [1.29, 1.82) is 0 Å². The SMILES string of the molecule is Cc1cnn(-c2nc(N)c(C(=O)NCc3ccc(F)cc3F)nc2Cl)n1. The highest BCUT2D eigenvalue weighted by Gasteiger charge is 2.19. The molecule has 0 aliphatic rings. The highest BCUT2D eigenvalue weighted by molar-refractivity contribution is 6.31. The number of nitrogens with zero attached hydrogens (tertiary/aromatic N) is 5. The number of anilines is 1. The van der Waals surface area contributed by atoms with Gasteiger partial charge in [-0.2, -0.15) is 10.2 Å². The molecule has 3 rings (SSSR count). The third kappa shape index (κ3) is 3.59. The van der Waals surface area contributed by atoms with E-state index in [0.717, 1.165) is 16.9 Å². The zero-order chi connectivity index (χ0) is 18.8. The van der Waals surface area contributed by atoms with E-state index >= 15 is 0 Å². The minimum atomic E-state index is -0.780. The van der Waals surface area contributed by atoms with Gasteiger partial charge in [0.2, 0.25) is 5.82 Å². The van der Waals surface area contributed by atoms with Crippen molar-refractivity contribution in [1.82, 2.24) is 30.3 Å². The lowest BCUT2D eigenvalue weighted by Gasteiger charge is -2.09. The highest BCUT2D eigenvalue weighted by atomic mass is 35.5. The number of amides is 1. The van der Waals surface area contributed by atoms with Gasteiger partial charge in [0.15, 0.2) is 16.7 Å². The van der Waals surface area contributed by atoms with Crippen LogP contribution in [0.2, 0.25) is 5.15 Å². The zero-order valence-electron chi connectivity index (χ0n) is 13.4. The Morgan fingerprint density at radius 3 is 2.77 bits per heavy atom. The van der Waals surface area contributed by atoms with E-state index in [1.807, 2.05) is 0 Å². The lowest BCUT2D eigenvalue weighted by molar-refractivity contribution is 0.0946. The van der Waals surface area contributed by atoms with Crippen molar-refractivity contribution in [3.8, 4) is 5.82 Å². The van der Waals surface area contributed by atoms with Crippen molar-refractivity contribution in [2.24, 2.45) is 0 Å². The van der Waals surface area contributed by atoms with Crippen LogP contribution in [0.5, 0.6) is 0 Å². The van der Waals surface area contributed by atoms with E-state index in [0.29, 0.717) is 5.69 Å². The van der Waals surface area contributed by atoms with Crippen LogP contribution in [-0.4, -0.2) is 30.9 Å². The maximum Gasteiger partial charge on any atom is 0.274 e. The fraction of sp³-hybridized carbons (Fsp3) is 0.133. The average molecular weight is 380 g/mol. The molecule has 0 aliphatic heterocycles. The van der Waals surface area contributed by atoms with E-state index < -0.39 is 17.5 Å². The number of aromatic nitrogens is 5. The van der Waals surface area contributed by atoms with Gasteiger partial charge in [-0.25, -0.2) is 18.7 Å². The average Bonchev–Trinajstić information content (AvgIpc) is 3.01. The molecule has 134 valence electrons. The van der Waals surface area contributed by atoms with Gasteiger partial charge in [-0.15, -0.1) is 4.80 Å². The van der Waals surface area contributed by atoms with Gasteiger partial charge < -0.3 is 11.1 Å². The van der Waals surface area contributed by atoms with Crippen LogP contribution in [0.3, 0.4) is 0 Å². The summed E-state index contributed by atoms with van der Waals surface area (Å²) in [4.78, 5) is 21.3. The van der Waals surface area contributed by atoms with Crippen LogP contribution >= 0.6 is 11.6 Å². The minimum absolute atomic E-state index is 0.0680. The first-order valence-electron chi connectivity index (χ1n) is 7.29. The van der Waals surface area contributed by atoms with Crippen LogP contribution in [0.25, 0.3) is 5.82 Å². The van der Waals surface area contributed by atoms with Crippen molar-refractivity contribution < 1.29 is 13.6 Å². The number of benzene rings is 1. The molecular weight excluding hydrogens is 368 g/mol. The predicted molar refractivity (Wildman–Crippen MR) is 88.6 cm³/mol. The molecule has 0 spiro atoms. The van der Waals surface area contributed by atoms with E-state index in [9.17, 15) is 13.6 Å². The third-order valence-electron chi connectivity index (χ3n) is 3.33. The molecule has 11 heteroatoms. The van der Waals surface area contributed by atoms with E-state index in [-0.39, 0.29) is 34.6 Å². The number of halogens is 3. The molecule has 0 fully saturated rings. The Bertz CT molecular complexity index is 992. The first kappa shape index (κ1) is 17.7. The summed E-state index contributed by atoms with van der Waals surface area (Å²) >= 11 is 6.04. The predicted octanol–water partition coefficient (Wildman–Crippen LogP) is 1.81. The summed E-state index contributed by atoms with van der Waals surface area (Å²) in [6, 6.07) is 3.03. The molecule has 0 radical (unpaired) electrons. The Morgan fingerprint density at radius 1 is 1.35 bits per heavy atom. The van der Waals surface area contributed by atoms with Crippen LogP contribution in [-0.2, 0) is 6.54 Å². The normalized spacial score (nSPS) is 10.8. The van der Waals surface area contributed by atoms with Gasteiger partial charge in [0.25, 0.3) is 5.91 Å². The summed E-state index contributed by atoms with van der Waals surface area (Å²) in [6.07, 6.45) is 1.49. The van der Waals surface area contributed by atoms with Gasteiger partial charge >= 0.3 is 0 Å². The van der Waals surface area contributed by atoms with E-state index in [2.05, 4.69) is 25.5 Å². The van der Waals surface area contributed by atoms with Gasteiger partial charge in [0, 0.05) is 18.2 Å². The molecule has 3 N–H and O–H groups in total. The molecule has 0 saturated carbocycles. The van der Waals surface area contributed by atoms with Crippen LogP contribution in [0.15, 0.2) is 24.4 Å². The molecule has 2 heterocycles. The molecule has 8 nitrogen and oxygen atoms in total. The summed E-state index contributed by atoms with van der Waals surface area (Å²) in [5, 5.41) is 10.3. The molecule has 1 amide bonds. The monoisotopic (exact) mass is 379 g/mol. The molecule has 0 aliphatic carbocycles. The van der Waals surface area contributed by atoms with Gasteiger partial charge in [-0.05, 0) is 13.0 Å². The molecule has 0 unspecified atom stereocenters. The molecule has 0 bridgehead atoms.